The number of hydrogen-bond donors (Lipinski definition) is 1. The van der Waals surface area contributed by atoms with E-state index >= 15 is 0 Å². The van der Waals surface area contributed by atoms with E-state index in [-0.39, 0.29) is 11.7 Å². The van der Waals surface area contributed by atoms with Crippen molar-refractivity contribution >= 4 is 10.9 Å². The standard InChI is InChI=1S/C11H14N2O2/c1-3-13-10-6-8(7(2)12)4-5-9(10)11(14)15-13/h4-7H,3,12H2,1-2H3. The molecule has 0 spiro atoms. The predicted octanol–water partition coefficient (Wildman–Crippen LogP) is 1.63. The fourth-order valence-electron chi connectivity index (χ4n) is 1.64. The van der Waals surface area contributed by atoms with Gasteiger partial charge in [-0.15, -0.1) is 0 Å². The van der Waals surface area contributed by atoms with Crippen LogP contribution in [-0.2, 0) is 6.54 Å². The quantitative estimate of drug-likeness (QED) is 0.812. The van der Waals surface area contributed by atoms with Crippen molar-refractivity contribution in [2.75, 3.05) is 0 Å². The van der Waals surface area contributed by atoms with E-state index in [0.29, 0.717) is 11.9 Å². The summed E-state index contributed by atoms with van der Waals surface area (Å²) in [6.07, 6.45) is 0. The van der Waals surface area contributed by atoms with Crippen molar-refractivity contribution in [2.24, 2.45) is 5.73 Å². The van der Waals surface area contributed by atoms with Crippen molar-refractivity contribution in [1.82, 2.24) is 4.74 Å². The van der Waals surface area contributed by atoms with Crippen molar-refractivity contribution in [3.8, 4) is 0 Å². The van der Waals surface area contributed by atoms with Crippen LogP contribution in [0.3, 0.4) is 0 Å². The molecule has 1 heterocycles. The molecule has 4 heteroatoms. The molecular formula is C11H14N2O2. The molecular weight excluding hydrogens is 192 g/mol. The van der Waals surface area contributed by atoms with Crippen LogP contribution in [0.4, 0.5) is 0 Å². The first-order chi connectivity index (χ1) is 7.13. The van der Waals surface area contributed by atoms with Crippen LogP contribution in [0.15, 0.2) is 27.5 Å². The second-order valence-electron chi connectivity index (χ2n) is 3.64. The summed E-state index contributed by atoms with van der Waals surface area (Å²) in [7, 11) is 0. The number of aromatic nitrogens is 1. The van der Waals surface area contributed by atoms with Crippen molar-refractivity contribution in [2.45, 2.75) is 26.4 Å². The lowest BCUT2D eigenvalue weighted by atomic mass is 10.1. The van der Waals surface area contributed by atoms with Gasteiger partial charge in [-0.25, -0.2) is 9.53 Å². The maximum Gasteiger partial charge on any atom is 0.365 e. The molecule has 1 unspecified atom stereocenters. The van der Waals surface area contributed by atoms with Crippen molar-refractivity contribution in [3.63, 3.8) is 0 Å². The van der Waals surface area contributed by atoms with Crippen LogP contribution in [0.5, 0.6) is 0 Å². The van der Waals surface area contributed by atoms with Gasteiger partial charge in [-0.1, -0.05) is 6.07 Å². The third-order valence-corrected chi connectivity index (χ3v) is 2.52. The molecule has 0 fully saturated rings. The normalized spacial score (nSPS) is 13.3. The molecule has 0 aliphatic rings. The second kappa shape index (κ2) is 3.55. The molecule has 0 amide bonds. The number of nitrogens with zero attached hydrogens (tertiary/aromatic N) is 1. The van der Waals surface area contributed by atoms with Gasteiger partial charge in [0.2, 0.25) is 0 Å². The Kier molecular flexibility index (Phi) is 2.36. The Balaban J connectivity index is 2.74. The summed E-state index contributed by atoms with van der Waals surface area (Å²) < 4.78 is 6.66. The van der Waals surface area contributed by atoms with Gasteiger partial charge in [0.1, 0.15) is 0 Å². The van der Waals surface area contributed by atoms with Gasteiger partial charge in [0, 0.05) is 6.04 Å². The minimum Gasteiger partial charge on any atom is -0.335 e. The van der Waals surface area contributed by atoms with E-state index in [1.54, 1.807) is 10.8 Å². The van der Waals surface area contributed by atoms with Gasteiger partial charge in [0.05, 0.1) is 17.4 Å². The van der Waals surface area contributed by atoms with E-state index in [4.69, 9.17) is 10.3 Å². The maximum atomic E-state index is 11.4. The molecule has 1 aromatic heterocycles. The van der Waals surface area contributed by atoms with Crippen LogP contribution in [-0.4, -0.2) is 4.74 Å². The average molecular weight is 206 g/mol. The summed E-state index contributed by atoms with van der Waals surface area (Å²) in [6.45, 7) is 4.48. The molecule has 0 radical (unpaired) electrons. The van der Waals surface area contributed by atoms with Gasteiger partial charge in [-0.2, -0.15) is 0 Å². The molecule has 15 heavy (non-hydrogen) atoms. The number of aryl methyl sites for hydroxylation is 1. The number of rotatable bonds is 2. The summed E-state index contributed by atoms with van der Waals surface area (Å²) in [4.78, 5) is 11.4. The summed E-state index contributed by atoms with van der Waals surface area (Å²) in [5.74, 6) is 0. The highest BCUT2D eigenvalue weighted by molar-refractivity contribution is 5.78. The molecule has 2 rings (SSSR count). The van der Waals surface area contributed by atoms with E-state index in [1.165, 1.54) is 0 Å². The molecule has 2 aromatic rings. The Morgan fingerprint density at radius 3 is 2.87 bits per heavy atom. The zero-order valence-corrected chi connectivity index (χ0v) is 8.86. The van der Waals surface area contributed by atoms with E-state index in [9.17, 15) is 4.79 Å². The lowest BCUT2D eigenvalue weighted by Gasteiger charge is -2.05. The van der Waals surface area contributed by atoms with Gasteiger partial charge < -0.3 is 10.3 Å². The number of nitrogens with two attached hydrogens (primary N) is 1. The summed E-state index contributed by atoms with van der Waals surface area (Å²) in [5, 5.41) is 0.612. The Morgan fingerprint density at radius 1 is 1.53 bits per heavy atom. The van der Waals surface area contributed by atoms with Crippen molar-refractivity contribution < 1.29 is 4.52 Å². The minimum atomic E-state index is -0.289. The topological polar surface area (TPSA) is 61.2 Å². The Labute approximate surface area is 87.2 Å². The van der Waals surface area contributed by atoms with E-state index in [2.05, 4.69) is 0 Å². The third kappa shape index (κ3) is 1.57. The molecule has 4 nitrogen and oxygen atoms in total. The molecule has 1 aromatic carbocycles. The van der Waals surface area contributed by atoms with Crippen LogP contribution in [0.2, 0.25) is 0 Å². The van der Waals surface area contributed by atoms with E-state index in [1.807, 2.05) is 26.0 Å². The third-order valence-electron chi connectivity index (χ3n) is 2.52. The smallest absolute Gasteiger partial charge is 0.335 e. The molecule has 2 N–H and O–H groups in total. The highest BCUT2D eigenvalue weighted by Crippen LogP contribution is 2.17. The average Bonchev–Trinajstić information content (AvgIpc) is 2.55. The monoisotopic (exact) mass is 206 g/mol. The predicted molar refractivity (Wildman–Crippen MR) is 58.8 cm³/mol. The Bertz CT molecular complexity index is 537. The summed E-state index contributed by atoms with van der Waals surface area (Å²) >= 11 is 0. The van der Waals surface area contributed by atoms with Gasteiger partial charge >= 0.3 is 5.63 Å². The van der Waals surface area contributed by atoms with Crippen LogP contribution in [0.1, 0.15) is 25.5 Å². The maximum absolute atomic E-state index is 11.4. The zero-order valence-electron chi connectivity index (χ0n) is 8.86. The number of hydrogen-bond acceptors (Lipinski definition) is 3. The molecule has 1 atom stereocenters. The van der Waals surface area contributed by atoms with Crippen LogP contribution >= 0.6 is 0 Å². The van der Waals surface area contributed by atoms with Crippen molar-refractivity contribution in [3.05, 3.63) is 34.2 Å². The summed E-state index contributed by atoms with van der Waals surface area (Å²) in [6, 6.07) is 5.51. The Morgan fingerprint density at radius 2 is 2.27 bits per heavy atom. The Hall–Kier alpha value is -1.55. The highest BCUT2D eigenvalue weighted by atomic mass is 16.5. The molecule has 0 saturated heterocycles. The van der Waals surface area contributed by atoms with Crippen molar-refractivity contribution in [1.29, 1.82) is 0 Å². The zero-order chi connectivity index (χ0) is 11.0. The van der Waals surface area contributed by atoms with Crippen LogP contribution in [0, 0.1) is 0 Å². The molecule has 80 valence electrons. The first kappa shape index (κ1) is 9.98. The van der Waals surface area contributed by atoms with Gasteiger partial charge in [0.15, 0.2) is 0 Å². The van der Waals surface area contributed by atoms with Crippen LogP contribution < -0.4 is 11.4 Å². The fraction of sp³-hybridized carbons (Fsp3) is 0.364. The lowest BCUT2D eigenvalue weighted by molar-refractivity contribution is 0.270. The van der Waals surface area contributed by atoms with Gasteiger partial charge in [-0.3, -0.25) is 0 Å². The first-order valence-corrected chi connectivity index (χ1v) is 5.03. The first-order valence-electron chi connectivity index (χ1n) is 5.03. The second-order valence-corrected chi connectivity index (χ2v) is 3.64. The van der Waals surface area contributed by atoms with E-state index in [0.717, 1.165) is 11.1 Å². The van der Waals surface area contributed by atoms with E-state index < -0.39 is 0 Å². The largest absolute Gasteiger partial charge is 0.365 e. The number of fused-ring (bicyclic) bond motifs is 1. The minimum absolute atomic E-state index is 0.0373. The fourth-order valence-corrected chi connectivity index (χ4v) is 1.64. The summed E-state index contributed by atoms with van der Waals surface area (Å²) in [5.41, 5.74) is 7.32. The highest BCUT2D eigenvalue weighted by Gasteiger charge is 2.09. The number of benzene rings is 1. The molecule has 0 aliphatic heterocycles. The van der Waals surface area contributed by atoms with Gasteiger partial charge in [0.25, 0.3) is 0 Å². The molecule has 0 bridgehead atoms. The van der Waals surface area contributed by atoms with Crippen LogP contribution in [0.25, 0.3) is 10.9 Å². The van der Waals surface area contributed by atoms with Gasteiger partial charge in [-0.05, 0) is 31.5 Å². The SMILES string of the molecule is CCn1oc(=O)c2ccc(C(C)N)cc21. The molecule has 0 saturated carbocycles. The molecule has 0 aliphatic carbocycles. The lowest BCUT2D eigenvalue weighted by Crippen LogP contribution is -2.05.